The van der Waals surface area contributed by atoms with Gasteiger partial charge in [0.1, 0.15) is 5.69 Å². The molecule has 1 rings (SSSR count). The topological polar surface area (TPSA) is 46.9 Å². The first-order valence-electron chi connectivity index (χ1n) is 6.44. The third-order valence-electron chi connectivity index (χ3n) is 3.42. The molecule has 0 fully saturated rings. The number of halogens is 1. The molecule has 0 atom stereocenters. The fourth-order valence-corrected chi connectivity index (χ4v) is 2.86. The molecule has 0 aliphatic carbocycles. The average Bonchev–Trinajstić information content (AvgIpc) is 2.77. The number of hydrogen-bond acceptors (Lipinski definition) is 2. The molecule has 1 amide bonds. The van der Waals surface area contributed by atoms with E-state index in [0.717, 1.165) is 23.9 Å². The van der Waals surface area contributed by atoms with Gasteiger partial charge in [0.25, 0.3) is 5.91 Å². The highest BCUT2D eigenvalue weighted by Gasteiger charge is 2.28. The maximum Gasteiger partial charge on any atom is 0.270 e. The second-order valence-corrected chi connectivity index (χ2v) is 5.12. The van der Waals surface area contributed by atoms with Gasteiger partial charge in [-0.2, -0.15) is 5.10 Å². The van der Waals surface area contributed by atoms with Crippen LogP contribution in [0.15, 0.2) is 6.07 Å². The zero-order valence-electron chi connectivity index (χ0n) is 11.6. The van der Waals surface area contributed by atoms with Crippen molar-refractivity contribution in [2.24, 2.45) is 0 Å². The van der Waals surface area contributed by atoms with Gasteiger partial charge in [0.05, 0.1) is 5.69 Å². The molecular formula is C13H22BrN3O. The number of rotatable bonds is 6. The molecule has 0 aliphatic rings. The van der Waals surface area contributed by atoms with Gasteiger partial charge in [0.2, 0.25) is 0 Å². The summed E-state index contributed by atoms with van der Waals surface area (Å²) in [6.07, 6.45) is 1.81. The standard InChI is InChI=1S/C13H22BrN3O/c1-5-13(6-2,9-14)15-12(18)11-8-10(4)16-17(11)7-3/h8H,5-7,9H2,1-4H3,(H,15,18). The van der Waals surface area contributed by atoms with E-state index < -0.39 is 0 Å². The summed E-state index contributed by atoms with van der Waals surface area (Å²) in [7, 11) is 0. The molecule has 0 radical (unpaired) electrons. The Labute approximate surface area is 117 Å². The summed E-state index contributed by atoms with van der Waals surface area (Å²) in [5.74, 6) is -0.0411. The molecule has 102 valence electrons. The van der Waals surface area contributed by atoms with Gasteiger partial charge in [0, 0.05) is 17.4 Å². The van der Waals surface area contributed by atoms with Crippen molar-refractivity contribution in [1.29, 1.82) is 0 Å². The Morgan fingerprint density at radius 2 is 2.06 bits per heavy atom. The molecule has 1 aromatic heterocycles. The molecule has 0 bridgehead atoms. The van der Waals surface area contributed by atoms with E-state index in [-0.39, 0.29) is 11.4 Å². The Kier molecular flexibility index (Phi) is 5.38. The van der Waals surface area contributed by atoms with Crippen LogP contribution in [0.25, 0.3) is 0 Å². The normalized spacial score (nSPS) is 11.6. The minimum atomic E-state index is -0.173. The molecule has 0 spiro atoms. The van der Waals surface area contributed by atoms with E-state index in [1.54, 1.807) is 4.68 Å². The van der Waals surface area contributed by atoms with Crippen molar-refractivity contribution in [1.82, 2.24) is 15.1 Å². The van der Waals surface area contributed by atoms with Crippen molar-refractivity contribution in [3.63, 3.8) is 0 Å². The molecule has 0 saturated heterocycles. The Bertz CT molecular complexity index is 402. The Morgan fingerprint density at radius 3 is 2.50 bits per heavy atom. The predicted molar refractivity (Wildman–Crippen MR) is 77.2 cm³/mol. The third-order valence-corrected chi connectivity index (χ3v) is 4.50. The largest absolute Gasteiger partial charge is 0.344 e. The molecule has 4 nitrogen and oxygen atoms in total. The lowest BCUT2D eigenvalue weighted by Crippen LogP contribution is -2.49. The summed E-state index contributed by atoms with van der Waals surface area (Å²) in [5.41, 5.74) is 1.34. The van der Waals surface area contributed by atoms with Crippen LogP contribution in [0.2, 0.25) is 0 Å². The van der Waals surface area contributed by atoms with Crippen LogP contribution in [0.4, 0.5) is 0 Å². The zero-order chi connectivity index (χ0) is 13.8. The average molecular weight is 316 g/mol. The van der Waals surface area contributed by atoms with E-state index in [0.29, 0.717) is 12.2 Å². The highest BCUT2D eigenvalue weighted by Crippen LogP contribution is 2.19. The highest BCUT2D eigenvalue weighted by atomic mass is 79.9. The van der Waals surface area contributed by atoms with Gasteiger partial charge in [-0.15, -0.1) is 0 Å². The predicted octanol–water partition coefficient (Wildman–Crippen LogP) is 2.89. The van der Waals surface area contributed by atoms with Crippen molar-refractivity contribution < 1.29 is 4.79 Å². The molecule has 1 N–H and O–H groups in total. The second-order valence-electron chi connectivity index (χ2n) is 4.56. The van der Waals surface area contributed by atoms with Crippen LogP contribution in [0.3, 0.4) is 0 Å². The van der Waals surface area contributed by atoms with Gasteiger partial charge >= 0.3 is 0 Å². The Balaban J connectivity index is 2.93. The van der Waals surface area contributed by atoms with E-state index in [1.165, 1.54) is 0 Å². The lowest BCUT2D eigenvalue weighted by atomic mass is 9.95. The maximum atomic E-state index is 12.3. The van der Waals surface area contributed by atoms with E-state index in [4.69, 9.17) is 0 Å². The van der Waals surface area contributed by atoms with Crippen molar-refractivity contribution in [2.75, 3.05) is 5.33 Å². The van der Waals surface area contributed by atoms with Crippen molar-refractivity contribution in [2.45, 2.75) is 52.6 Å². The van der Waals surface area contributed by atoms with E-state index in [1.807, 2.05) is 19.9 Å². The first-order chi connectivity index (χ1) is 8.51. The minimum Gasteiger partial charge on any atom is -0.344 e. The second kappa shape index (κ2) is 6.36. The van der Waals surface area contributed by atoms with Crippen molar-refractivity contribution in [3.8, 4) is 0 Å². The summed E-state index contributed by atoms with van der Waals surface area (Å²) in [5, 5.41) is 8.20. The molecular weight excluding hydrogens is 294 g/mol. The van der Waals surface area contributed by atoms with Gasteiger partial charge in [0.15, 0.2) is 0 Å². The van der Waals surface area contributed by atoms with Gasteiger partial charge < -0.3 is 5.32 Å². The smallest absolute Gasteiger partial charge is 0.270 e. The first-order valence-corrected chi connectivity index (χ1v) is 7.57. The van der Waals surface area contributed by atoms with Crippen LogP contribution >= 0.6 is 15.9 Å². The Morgan fingerprint density at radius 1 is 1.44 bits per heavy atom. The lowest BCUT2D eigenvalue weighted by Gasteiger charge is -2.30. The molecule has 5 heteroatoms. The number of carbonyl (C=O) groups excluding carboxylic acids is 1. The summed E-state index contributed by atoms with van der Waals surface area (Å²) < 4.78 is 1.75. The van der Waals surface area contributed by atoms with Crippen LogP contribution in [0.5, 0.6) is 0 Å². The van der Waals surface area contributed by atoms with Crippen molar-refractivity contribution in [3.05, 3.63) is 17.5 Å². The van der Waals surface area contributed by atoms with Crippen molar-refractivity contribution >= 4 is 21.8 Å². The van der Waals surface area contributed by atoms with Gasteiger partial charge in [-0.05, 0) is 32.8 Å². The molecule has 0 aliphatic heterocycles. The van der Waals surface area contributed by atoms with Crippen LogP contribution in [-0.4, -0.2) is 26.6 Å². The van der Waals surface area contributed by atoms with Gasteiger partial charge in [-0.3, -0.25) is 9.48 Å². The van der Waals surface area contributed by atoms with Gasteiger partial charge in [-0.1, -0.05) is 29.8 Å². The zero-order valence-corrected chi connectivity index (χ0v) is 13.2. The molecule has 0 saturated carbocycles. The lowest BCUT2D eigenvalue weighted by molar-refractivity contribution is 0.0892. The number of nitrogens with one attached hydrogen (secondary N) is 1. The van der Waals surface area contributed by atoms with E-state index >= 15 is 0 Å². The third kappa shape index (κ3) is 3.13. The fraction of sp³-hybridized carbons (Fsp3) is 0.692. The summed E-state index contributed by atoms with van der Waals surface area (Å²) in [6.45, 7) is 8.78. The van der Waals surface area contributed by atoms with Crippen LogP contribution < -0.4 is 5.32 Å². The molecule has 1 heterocycles. The fourth-order valence-electron chi connectivity index (χ4n) is 1.92. The summed E-state index contributed by atoms with van der Waals surface area (Å²) >= 11 is 3.50. The van der Waals surface area contributed by atoms with E-state index in [9.17, 15) is 4.79 Å². The number of alkyl halides is 1. The number of nitrogens with zero attached hydrogens (tertiary/aromatic N) is 2. The van der Waals surface area contributed by atoms with Crippen LogP contribution in [0, 0.1) is 6.92 Å². The highest BCUT2D eigenvalue weighted by molar-refractivity contribution is 9.09. The van der Waals surface area contributed by atoms with Crippen LogP contribution in [0.1, 0.15) is 49.8 Å². The quantitative estimate of drug-likeness (QED) is 0.820. The van der Waals surface area contributed by atoms with Gasteiger partial charge in [-0.25, -0.2) is 0 Å². The molecule has 0 aromatic carbocycles. The molecule has 0 unspecified atom stereocenters. The SMILES string of the molecule is CCn1nc(C)cc1C(=O)NC(CC)(CC)CBr. The minimum absolute atomic E-state index is 0.0411. The number of aromatic nitrogens is 2. The summed E-state index contributed by atoms with van der Waals surface area (Å²) in [6, 6.07) is 1.84. The summed E-state index contributed by atoms with van der Waals surface area (Å²) in [4.78, 5) is 12.3. The van der Waals surface area contributed by atoms with E-state index in [2.05, 4.69) is 40.2 Å². The van der Waals surface area contributed by atoms with Crippen LogP contribution in [-0.2, 0) is 6.54 Å². The first kappa shape index (κ1) is 15.2. The molecule has 1 aromatic rings. The number of hydrogen-bond donors (Lipinski definition) is 1. The number of carbonyl (C=O) groups is 1. The molecule has 18 heavy (non-hydrogen) atoms. The number of aryl methyl sites for hydroxylation is 2. The maximum absolute atomic E-state index is 12.3. The Hall–Kier alpha value is -0.840. The number of amides is 1. The monoisotopic (exact) mass is 315 g/mol.